The summed E-state index contributed by atoms with van der Waals surface area (Å²) in [7, 11) is 0. The Bertz CT molecular complexity index is 417. The number of hydrogen-bond donors (Lipinski definition) is 3. The van der Waals surface area contributed by atoms with E-state index in [1.54, 1.807) is 31.2 Å². The second-order valence-corrected chi connectivity index (χ2v) is 3.25. The molecular weight excluding hydrogens is 238 g/mol. The molecule has 1 rings (SSSR count). The van der Waals surface area contributed by atoms with E-state index in [-0.39, 0.29) is 12.4 Å². The van der Waals surface area contributed by atoms with Crippen molar-refractivity contribution in [2.24, 2.45) is 10.9 Å². The number of nitrogens with zero attached hydrogens (tertiary/aromatic N) is 1. The Morgan fingerprint density at radius 2 is 2.11 bits per heavy atom. The van der Waals surface area contributed by atoms with E-state index in [1.165, 1.54) is 0 Å². The van der Waals surface area contributed by atoms with Gasteiger partial charge in [0.1, 0.15) is 12.4 Å². The minimum absolute atomic E-state index is 0.0127. The Balaban J connectivity index is 2.49. The van der Waals surface area contributed by atoms with Crippen LogP contribution in [0.4, 0.5) is 10.5 Å². The molecule has 1 aromatic carbocycles. The fourth-order valence-corrected chi connectivity index (χ4v) is 1.11. The zero-order chi connectivity index (χ0) is 13.4. The quantitative estimate of drug-likeness (QED) is 0.318. The number of amidine groups is 1. The summed E-state index contributed by atoms with van der Waals surface area (Å²) in [5.74, 6) is 0.514. The number of oxime groups is 1. The van der Waals surface area contributed by atoms with Crippen LogP contribution in [0.1, 0.15) is 6.92 Å². The lowest BCUT2D eigenvalue weighted by Crippen LogP contribution is -2.20. The average Bonchev–Trinajstić information content (AvgIpc) is 2.37. The number of nitrogens with two attached hydrogens (primary N) is 1. The van der Waals surface area contributed by atoms with Crippen molar-refractivity contribution >= 4 is 17.6 Å². The van der Waals surface area contributed by atoms with Gasteiger partial charge in [-0.15, -0.1) is 0 Å². The van der Waals surface area contributed by atoms with E-state index < -0.39 is 6.09 Å². The number of anilines is 1. The van der Waals surface area contributed by atoms with Gasteiger partial charge in [-0.05, 0) is 31.2 Å². The molecule has 4 N–H and O–H groups in total. The third-order valence-corrected chi connectivity index (χ3v) is 1.89. The molecular formula is C11H15N3O4. The van der Waals surface area contributed by atoms with E-state index in [0.29, 0.717) is 18.0 Å². The van der Waals surface area contributed by atoms with Crippen molar-refractivity contribution in [2.45, 2.75) is 6.92 Å². The molecule has 0 fully saturated rings. The van der Waals surface area contributed by atoms with Gasteiger partial charge in [0.2, 0.25) is 0 Å². The second-order valence-electron chi connectivity index (χ2n) is 3.25. The summed E-state index contributed by atoms with van der Waals surface area (Å²) in [6, 6.07) is 6.59. The van der Waals surface area contributed by atoms with Gasteiger partial charge in [0, 0.05) is 5.69 Å². The van der Waals surface area contributed by atoms with Crippen LogP contribution in [-0.4, -0.2) is 30.3 Å². The summed E-state index contributed by atoms with van der Waals surface area (Å²) in [6.45, 7) is 2.03. The smallest absolute Gasteiger partial charge is 0.411 e. The van der Waals surface area contributed by atoms with Crippen LogP contribution in [0.15, 0.2) is 29.4 Å². The van der Waals surface area contributed by atoms with E-state index in [0.717, 1.165) is 0 Å². The molecule has 0 unspecified atom stereocenters. The van der Waals surface area contributed by atoms with Crippen LogP contribution in [0.2, 0.25) is 0 Å². The maximum Gasteiger partial charge on any atom is 0.411 e. The van der Waals surface area contributed by atoms with E-state index in [9.17, 15) is 4.79 Å². The average molecular weight is 253 g/mol. The molecule has 0 saturated heterocycles. The number of nitrogens with one attached hydrogen (secondary N) is 1. The fourth-order valence-electron chi connectivity index (χ4n) is 1.11. The van der Waals surface area contributed by atoms with Gasteiger partial charge in [0.15, 0.2) is 5.84 Å². The zero-order valence-electron chi connectivity index (χ0n) is 9.92. The summed E-state index contributed by atoms with van der Waals surface area (Å²) in [6.07, 6.45) is -0.511. The van der Waals surface area contributed by atoms with Crippen molar-refractivity contribution in [3.63, 3.8) is 0 Å². The number of carbonyl (C=O) groups excluding carboxylic acids is 1. The van der Waals surface area contributed by atoms with Gasteiger partial charge in [-0.25, -0.2) is 4.79 Å². The fraction of sp³-hybridized carbons (Fsp3) is 0.273. The molecule has 7 nitrogen and oxygen atoms in total. The maximum atomic E-state index is 11.1. The predicted molar refractivity (Wildman–Crippen MR) is 66.0 cm³/mol. The molecule has 0 bridgehead atoms. The molecule has 0 heterocycles. The predicted octanol–water partition coefficient (Wildman–Crippen LogP) is 1.38. The molecule has 18 heavy (non-hydrogen) atoms. The minimum atomic E-state index is -0.511. The van der Waals surface area contributed by atoms with Gasteiger partial charge in [0.25, 0.3) is 0 Å². The van der Waals surface area contributed by atoms with E-state index >= 15 is 0 Å². The van der Waals surface area contributed by atoms with E-state index in [1.807, 2.05) is 0 Å². The van der Waals surface area contributed by atoms with Crippen LogP contribution >= 0.6 is 0 Å². The number of carbonyl (C=O) groups is 1. The Morgan fingerprint density at radius 1 is 1.44 bits per heavy atom. The normalized spacial score (nSPS) is 10.8. The molecule has 98 valence electrons. The van der Waals surface area contributed by atoms with Crippen molar-refractivity contribution in [3.05, 3.63) is 24.3 Å². The van der Waals surface area contributed by atoms with E-state index in [2.05, 4.69) is 10.5 Å². The van der Waals surface area contributed by atoms with Crippen LogP contribution in [0.3, 0.4) is 0 Å². The van der Waals surface area contributed by atoms with Gasteiger partial charge in [0.05, 0.1) is 6.61 Å². The molecule has 0 aliphatic carbocycles. The highest BCUT2D eigenvalue weighted by Crippen LogP contribution is 2.15. The SMILES string of the molecule is CCOC(=O)Nc1ccc(OC/C(N)=N/O)cc1. The molecule has 0 atom stereocenters. The zero-order valence-corrected chi connectivity index (χ0v) is 9.92. The third kappa shape index (κ3) is 4.60. The van der Waals surface area contributed by atoms with Gasteiger partial charge in [-0.1, -0.05) is 5.16 Å². The van der Waals surface area contributed by atoms with Crippen LogP contribution in [0.5, 0.6) is 5.75 Å². The highest BCUT2D eigenvalue weighted by Gasteiger charge is 2.02. The molecule has 0 aliphatic rings. The van der Waals surface area contributed by atoms with Crippen LogP contribution in [0.25, 0.3) is 0 Å². The first-order valence-electron chi connectivity index (χ1n) is 5.28. The van der Waals surface area contributed by atoms with Crippen molar-refractivity contribution < 1.29 is 19.5 Å². The van der Waals surface area contributed by atoms with Crippen LogP contribution < -0.4 is 15.8 Å². The Labute approximate surface area is 104 Å². The standard InChI is InChI=1S/C11H15N3O4/c1-2-17-11(15)13-8-3-5-9(6-4-8)18-7-10(12)14-16/h3-6,16H,2,7H2,1H3,(H2,12,14)(H,13,15). The monoisotopic (exact) mass is 253 g/mol. The molecule has 0 aliphatic heterocycles. The maximum absolute atomic E-state index is 11.1. The summed E-state index contributed by atoms with van der Waals surface area (Å²) in [5.41, 5.74) is 5.84. The first-order valence-corrected chi connectivity index (χ1v) is 5.28. The third-order valence-electron chi connectivity index (χ3n) is 1.89. The first kappa shape index (κ1) is 13.6. The molecule has 1 amide bonds. The van der Waals surface area contributed by atoms with Crippen molar-refractivity contribution in [1.82, 2.24) is 0 Å². The Hall–Kier alpha value is -2.44. The highest BCUT2D eigenvalue weighted by atomic mass is 16.5. The van der Waals surface area contributed by atoms with E-state index in [4.69, 9.17) is 20.4 Å². The summed E-state index contributed by atoms with van der Waals surface area (Å²) >= 11 is 0. The van der Waals surface area contributed by atoms with Gasteiger partial charge < -0.3 is 20.4 Å². The van der Waals surface area contributed by atoms with Crippen LogP contribution in [-0.2, 0) is 4.74 Å². The van der Waals surface area contributed by atoms with Crippen molar-refractivity contribution in [2.75, 3.05) is 18.5 Å². The van der Waals surface area contributed by atoms with Crippen molar-refractivity contribution in [1.29, 1.82) is 0 Å². The Morgan fingerprint density at radius 3 is 2.67 bits per heavy atom. The second kappa shape index (κ2) is 7.00. The highest BCUT2D eigenvalue weighted by molar-refractivity contribution is 5.84. The number of rotatable bonds is 5. The molecule has 0 radical (unpaired) electrons. The number of amides is 1. The first-order chi connectivity index (χ1) is 8.65. The van der Waals surface area contributed by atoms with Crippen LogP contribution in [0, 0.1) is 0 Å². The minimum Gasteiger partial charge on any atom is -0.486 e. The topological polar surface area (TPSA) is 106 Å². The van der Waals surface area contributed by atoms with Crippen molar-refractivity contribution in [3.8, 4) is 5.75 Å². The molecule has 1 aromatic rings. The summed E-state index contributed by atoms with van der Waals surface area (Å²) < 4.78 is 9.93. The molecule has 0 spiro atoms. The number of hydrogen-bond acceptors (Lipinski definition) is 5. The van der Waals surface area contributed by atoms with Gasteiger partial charge >= 0.3 is 6.09 Å². The summed E-state index contributed by atoms with van der Waals surface area (Å²) in [4.78, 5) is 11.1. The molecule has 7 heteroatoms. The van der Waals surface area contributed by atoms with Gasteiger partial charge in [-0.3, -0.25) is 5.32 Å². The number of benzene rings is 1. The lowest BCUT2D eigenvalue weighted by molar-refractivity contribution is 0.168. The molecule has 0 aromatic heterocycles. The Kier molecular flexibility index (Phi) is 5.30. The lowest BCUT2D eigenvalue weighted by Gasteiger charge is -2.07. The lowest BCUT2D eigenvalue weighted by atomic mass is 10.3. The summed E-state index contributed by atoms with van der Waals surface area (Å²) in [5, 5.41) is 13.6. The van der Waals surface area contributed by atoms with Gasteiger partial charge in [-0.2, -0.15) is 0 Å². The number of ether oxygens (including phenoxy) is 2. The molecule has 0 saturated carbocycles. The largest absolute Gasteiger partial charge is 0.486 e.